The van der Waals surface area contributed by atoms with Crippen LogP contribution >= 0.6 is 12.2 Å². The molecule has 1 aliphatic rings. The number of benzene rings is 2. The molecule has 1 heterocycles. The van der Waals surface area contributed by atoms with Gasteiger partial charge in [0.1, 0.15) is 0 Å². The normalized spacial score (nSPS) is 14.0. The number of hydrogen-bond acceptors (Lipinski definition) is 4. The van der Waals surface area contributed by atoms with Gasteiger partial charge in [0.2, 0.25) is 0 Å². The molecule has 0 spiro atoms. The smallest absolute Gasteiger partial charge is 0.173 e. The summed E-state index contributed by atoms with van der Waals surface area (Å²) in [6.07, 6.45) is 0. The Bertz CT molecular complexity index is 839. The van der Waals surface area contributed by atoms with Crippen molar-refractivity contribution in [3.05, 3.63) is 59.7 Å². The van der Waals surface area contributed by atoms with E-state index in [0.717, 1.165) is 43.1 Å². The molecule has 1 saturated heterocycles. The molecule has 0 aliphatic carbocycles. The van der Waals surface area contributed by atoms with Crippen LogP contribution in [-0.4, -0.2) is 47.8 Å². The van der Waals surface area contributed by atoms with Crippen LogP contribution in [0.25, 0.3) is 0 Å². The third kappa shape index (κ3) is 4.71. The van der Waals surface area contributed by atoms with Crippen molar-refractivity contribution in [1.82, 2.24) is 4.90 Å². The van der Waals surface area contributed by atoms with Gasteiger partial charge in [0, 0.05) is 48.7 Å². The molecule has 3 rings (SSSR count). The van der Waals surface area contributed by atoms with Crippen LogP contribution in [0.5, 0.6) is 0 Å². The lowest BCUT2D eigenvalue weighted by Gasteiger charge is -2.37. The molecule has 5 nitrogen and oxygen atoms in total. The Balaban J connectivity index is 1.54. The Labute approximate surface area is 165 Å². The van der Waals surface area contributed by atoms with Gasteiger partial charge in [0.25, 0.3) is 0 Å². The first kappa shape index (κ1) is 19.0. The fourth-order valence-electron chi connectivity index (χ4n) is 3.07. The topological polar surface area (TPSA) is 52.7 Å². The average Bonchev–Trinajstić information content (AvgIpc) is 2.68. The predicted octanol–water partition coefficient (Wildman–Crippen LogP) is 3.61. The van der Waals surface area contributed by atoms with Crippen LogP contribution < -0.4 is 10.2 Å². The monoisotopic (exact) mass is 381 g/mol. The van der Waals surface area contributed by atoms with E-state index < -0.39 is 0 Å². The van der Waals surface area contributed by atoms with Crippen molar-refractivity contribution < 1.29 is 9.59 Å². The van der Waals surface area contributed by atoms with Crippen molar-refractivity contribution in [3.63, 3.8) is 0 Å². The van der Waals surface area contributed by atoms with Crippen LogP contribution in [0.2, 0.25) is 0 Å². The molecule has 1 aliphatic heterocycles. The van der Waals surface area contributed by atoms with Crippen molar-refractivity contribution in [3.8, 4) is 0 Å². The summed E-state index contributed by atoms with van der Waals surface area (Å²) in [6, 6.07) is 15.1. The molecule has 6 heteroatoms. The Morgan fingerprint density at radius 2 is 1.30 bits per heavy atom. The third-order valence-corrected chi connectivity index (χ3v) is 5.11. The molecule has 1 fully saturated rings. The van der Waals surface area contributed by atoms with Gasteiger partial charge in [0.15, 0.2) is 16.7 Å². The van der Waals surface area contributed by atoms with Crippen LogP contribution in [0.4, 0.5) is 11.4 Å². The van der Waals surface area contributed by atoms with Crippen molar-refractivity contribution in [2.75, 3.05) is 36.4 Å². The number of Topliss-reactive ketones (excluding diaryl/α,β-unsaturated/α-hetero) is 2. The van der Waals surface area contributed by atoms with E-state index in [1.807, 2.05) is 36.4 Å². The molecule has 0 bridgehead atoms. The average molecular weight is 382 g/mol. The Morgan fingerprint density at radius 3 is 1.78 bits per heavy atom. The maximum absolute atomic E-state index is 11.4. The summed E-state index contributed by atoms with van der Waals surface area (Å²) in [6.45, 7) is 6.52. The molecule has 1 N–H and O–H groups in total. The number of nitrogens with one attached hydrogen (secondary N) is 1. The first-order valence-corrected chi connectivity index (χ1v) is 9.38. The summed E-state index contributed by atoms with van der Waals surface area (Å²) in [5.74, 6) is 0.135. The summed E-state index contributed by atoms with van der Waals surface area (Å²) in [5, 5.41) is 3.93. The highest BCUT2D eigenvalue weighted by molar-refractivity contribution is 7.80. The van der Waals surface area contributed by atoms with Crippen molar-refractivity contribution >= 4 is 40.3 Å². The fourth-order valence-corrected chi connectivity index (χ4v) is 3.37. The molecule has 0 saturated carbocycles. The summed E-state index contributed by atoms with van der Waals surface area (Å²) >= 11 is 5.53. The first-order valence-electron chi connectivity index (χ1n) is 8.97. The second kappa shape index (κ2) is 8.31. The van der Waals surface area contributed by atoms with Gasteiger partial charge in [-0.25, -0.2) is 0 Å². The van der Waals surface area contributed by atoms with Gasteiger partial charge in [-0.1, -0.05) is 0 Å². The maximum atomic E-state index is 11.4. The predicted molar refractivity (Wildman–Crippen MR) is 113 cm³/mol. The zero-order valence-corrected chi connectivity index (χ0v) is 16.4. The van der Waals surface area contributed by atoms with Gasteiger partial charge < -0.3 is 15.1 Å². The van der Waals surface area contributed by atoms with Crippen LogP contribution in [0, 0.1) is 0 Å². The van der Waals surface area contributed by atoms with Crippen LogP contribution in [0.3, 0.4) is 0 Å². The van der Waals surface area contributed by atoms with E-state index in [-0.39, 0.29) is 11.6 Å². The zero-order chi connectivity index (χ0) is 19.4. The lowest BCUT2D eigenvalue weighted by atomic mass is 10.1. The highest BCUT2D eigenvalue weighted by Crippen LogP contribution is 2.18. The number of piperazine rings is 1. The number of nitrogens with zero attached hydrogens (tertiary/aromatic N) is 2. The van der Waals surface area contributed by atoms with E-state index >= 15 is 0 Å². The molecular weight excluding hydrogens is 358 g/mol. The molecule has 2 aromatic rings. The molecular formula is C21H23N3O2S. The Hall–Kier alpha value is -2.73. The molecule has 0 atom stereocenters. The van der Waals surface area contributed by atoms with Crippen LogP contribution in [0.1, 0.15) is 34.6 Å². The van der Waals surface area contributed by atoms with E-state index in [0.29, 0.717) is 10.7 Å². The SMILES string of the molecule is CC(=O)c1ccc(NC(=S)N2CCN(c3ccc(C(C)=O)cc3)CC2)cc1. The van der Waals surface area contributed by atoms with Gasteiger partial charge in [0.05, 0.1) is 0 Å². The molecule has 0 aromatic heterocycles. The highest BCUT2D eigenvalue weighted by Gasteiger charge is 2.19. The van der Waals surface area contributed by atoms with E-state index in [1.165, 1.54) is 0 Å². The minimum Gasteiger partial charge on any atom is -0.368 e. The molecule has 0 amide bonds. The number of carbonyl (C=O) groups is 2. The minimum atomic E-state index is 0.0524. The van der Waals surface area contributed by atoms with Crippen molar-refractivity contribution in [2.24, 2.45) is 0 Å². The van der Waals surface area contributed by atoms with Gasteiger partial charge >= 0.3 is 0 Å². The number of hydrogen-bond donors (Lipinski definition) is 1. The van der Waals surface area contributed by atoms with Gasteiger partial charge in [-0.3, -0.25) is 9.59 Å². The van der Waals surface area contributed by atoms with Crippen molar-refractivity contribution in [1.29, 1.82) is 0 Å². The number of anilines is 2. The van der Waals surface area contributed by atoms with Crippen LogP contribution in [0.15, 0.2) is 48.5 Å². The Morgan fingerprint density at radius 1 is 0.815 bits per heavy atom. The molecule has 0 unspecified atom stereocenters. The minimum absolute atomic E-state index is 0.0524. The number of thiocarbonyl (C=S) groups is 1. The number of rotatable bonds is 4. The van der Waals surface area contributed by atoms with E-state index in [9.17, 15) is 9.59 Å². The van der Waals surface area contributed by atoms with Crippen LogP contribution in [-0.2, 0) is 0 Å². The third-order valence-electron chi connectivity index (χ3n) is 4.75. The molecule has 2 aromatic carbocycles. The highest BCUT2D eigenvalue weighted by atomic mass is 32.1. The van der Waals surface area contributed by atoms with E-state index in [4.69, 9.17) is 12.2 Å². The van der Waals surface area contributed by atoms with E-state index in [1.54, 1.807) is 26.0 Å². The largest absolute Gasteiger partial charge is 0.368 e. The summed E-state index contributed by atoms with van der Waals surface area (Å²) in [5.41, 5.74) is 3.43. The van der Waals surface area contributed by atoms with Gasteiger partial charge in [-0.05, 0) is 74.6 Å². The second-order valence-corrected chi connectivity index (χ2v) is 7.03. The summed E-state index contributed by atoms with van der Waals surface area (Å²) in [4.78, 5) is 27.2. The Kier molecular flexibility index (Phi) is 5.86. The number of ketones is 2. The zero-order valence-electron chi connectivity index (χ0n) is 15.6. The maximum Gasteiger partial charge on any atom is 0.173 e. The lowest BCUT2D eigenvalue weighted by molar-refractivity contribution is 0.100. The summed E-state index contributed by atoms with van der Waals surface area (Å²) in [7, 11) is 0. The standard InChI is InChI=1S/C21H23N3O2S/c1-15(25)17-3-7-19(8-4-17)22-21(27)24-13-11-23(12-14-24)20-9-5-18(6-10-20)16(2)26/h3-10H,11-14H2,1-2H3,(H,22,27). The molecule has 0 radical (unpaired) electrons. The van der Waals surface area contributed by atoms with Gasteiger partial charge in [-0.2, -0.15) is 0 Å². The lowest BCUT2D eigenvalue weighted by Crippen LogP contribution is -2.50. The summed E-state index contributed by atoms with van der Waals surface area (Å²) < 4.78 is 0. The molecule has 140 valence electrons. The first-order chi connectivity index (χ1) is 12.9. The quantitative estimate of drug-likeness (QED) is 0.645. The second-order valence-electron chi connectivity index (χ2n) is 6.64. The van der Waals surface area contributed by atoms with E-state index in [2.05, 4.69) is 15.1 Å². The fraction of sp³-hybridized carbons (Fsp3) is 0.286. The van der Waals surface area contributed by atoms with Gasteiger partial charge in [-0.15, -0.1) is 0 Å². The molecule has 27 heavy (non-hydrogen) atoms. The number of carbonyl (C=O) groups excluding carboxylic acids is 2. The van der Waals surface area contributed by atoms with Crippen molar-refractivity contribution in [2.45, 2.75) is 13.8 Å².